The van der Waals surface area contributed by atoms with Gasteiger partial charge in [0.15, 0.2) is 5.96 Å². The van der Waals surface area contributed by atoms with Gasteiger partial charge in [0.2, 0.25) is 6.41 Å². The summed E-state index contributed by atoms with van der Waals surface area (Å²) in [7, 11) is 0. The number of amides is 1. The highest BCUT2D eigenvalue weighted by Gasteiger charge is 2.14. The van der Waals surface area contributed by atoms with E-state index in [2.05, 4.69) is 10.3 Å². The number of hydrogen-bond donors (Lipinski definition) is 4. The molecule has 0 aliphatic carbocycles. The third-order valence-electron chi connectivity index (χ3n) is 3.68. The predicted octanol–water partition coefficient (Wildman–Crippen LogP) is 0.385. The van der Waals surface area contributed by atoms with Gasteiger partial charge in [0.25, 0.3) is 5.56 Å². The summed E-state index contributed by atoms with van der Waals surface area (Å²) in [6, 6.07) is 12.4. The molecular formula is C19H25N5O4. The first-order valence-corrected chi connectivity index (χ1v) is 8.58. The number of aryl methyl sites for hydroxylation is 1. The van der Waals surface area contributed by atoms with Crippen LogP contribution in [-0.4, -0.2) is 40.6 Å². The highest BCUT2D eigenvalue weighted by atomic mass is 16.4. The summed E-state index contributed by atoms with van der Waals surface area (Å²) < 4.78 is 1.65. The molecule has 150 valence electrons. The Morgan fingerprint density at radius 1 is 1.25 bits per heavy atom. The molecule has 1 atom stereocenters. The number of carbonyl (C=O) groups excluding carboxylic acids is 1. The number of rotatable bonds is 8. The Morgan fingerprint density at radius 3 is 2.50 bits per heavy atom. The first-order valence-electron chi connectivity index (χ1n) is 8.58. The average molecular weight is 387 g/mol. The second-order valence-corrected chi connectivity index (χ2v) is 5.83. The number of para-hydroxylation sites is 1. The molecule has 0 radical (unpaired) electrons. The number of hydrogen-bond acceptors (Lipinski definition) is 4. The fraction of sp³-hybridized carbons (Fsp3) is 0.263. The molecule has 6 N–H and O–H groups in total. The minimum absolute atomic E-state index is 0.0276. The van der Waals surface area contributed by atoms with Crippen molar-refractivity contribution in [3.05, 3.63) is 64.6 Å². The molecule has 1 aromatic carbocycles. The quantitative estimate of drug-likeness (QED) is 0.222. The molecule has 9 nitrogen and oxygen atoms in total. The Morgan fingerprint density at radius 2 is 1.93 bits per heavy atom. The molecule has 2 aromatic rings. The Balaban J connectivity index is 0.000000280. The van der Waals surface area contributed by atoms with E-state index >= 15 is 0 Å². The zero-order chi connectivity index (χ0) is 20.9. The fourth-order valence-electron chi connectivity index (χ4n) is 2.26. The lowest BCUT2D eigenvalue weighted by Gasteiger charge is -2.09. The van der Waals surface area contributed by atoms with Crippen LogP contribution in [0.2, 0.25) is 0 Å². The largest absolute Gasteiger partial charge is 0.480 e. The van der Waals surface area contributed by atoms with Gasteiger partial charge in [-0.2, -0.15) is 0 Å². The number of nitrogens with two attached hydrogens (primary N) is 2. The van der Waals surface area contributed by atoms with Crippen LogP contribution in [0.3, 0.4) is 0 Å². The van der Waals surface area contributed by atoms with Crippen LogP contribution in [-0.2, 0) is 9.59 Å². The van der Waals surface area contributed by atoms with Crippen molar-refractivity contribution in [2.24, 2.45) is 16.5 Å². The molecule has 28 heavy (non-hydrogen) atoms. The number of pyridine rings is 1. The first-order chi connectivity index (χ1) is 13.4. The predicted molar refractivity (Wildman–Crippen MR) is 107 cm³/mol. The SMILES string of the molecule is Cc1cccn(-c2ccccc2)c1=O.NC(N)=NCCCC(NC=O)C(=O)O. The van der Waals surface area contributed by atoms with Crippen molar-refractivity contribution < 1.29 is 14.7 Å². The maximum atomic E-state index is 11.7. The molecule has 0 bridgehead atoms. The number of carboxylic acid groups (broad SMARTS) is 1. The smallest absolute Gasteiger partial charge is 0.326 e. The van der Waals surface area contributed by atoms with Gasteiger partial charge in [0.1, 0.15) is 6.04 Å². The second kappa shape index (κ2) is 11.9. The maximum absolute atomic E-state index is 11.7. The van der Waals surface area contributed by atoms with E-state index in [-0.39, 0.29) is 11.5 Å². The zero-order valence-electron chi connectivity index (χ0n) is 15.6. The van der Waals surface area contributed by atoms with Crippen molar-refractivity contribution >= 4 is 18.3 Å². The minimum Gasteiger partial charge on any atom is -0.480 e. The van der Waals surface area contributed by atoms with Crippen LogP contribution >= 0.6 is 0 Å². The van der Waals surface area contributed by atoms with Crippen molar-refractivity contribution in [2.75, 3.05) is 6.54 Å². The molecule has 0 spiro atoms. The van der Waals surface area contributed by atoms with Crippen molar-refractivity contribution in [2.45, 2.75) is 25.8 Å². The van der Waals surface area contributed by atoms with E-state index in [9.17, 15) is 14.4 Å². The van der Waals surface area contributed by atoms with E-state index in [4.69, 9.17) is 16.6 Å². The summed E-state index contributed by atoms with van der Waals surface area (Å²) in [5.74, 6) is -1.10. The van der Waals surface area contributed by atoms with E-state index in [0.29, 0.717) is 25.8 Å². The van der Waals surface area contributed by atoms with E-state index < -0.39 is 12.0 Å². The second-order valence-electron chi connectivity index (χ2n) is 5.83. The van der Waals surface area contributed by atoms with Crippen LogP contribution in [0.15, 0.2) is 58.4 Å². The van der Waals surface area contributed by atoms with Crippen molar-refractivity contribution in [1.82, 2.24) is 9.88 Å². The van der Waals surface area contributed by atoms with Crippen LogP contribution in [0, 0.1) is 6.92 Å². The minimum atomic E-state index is -1.07. The number of benzene rings is 1. The number of aromatic nitrogens is 1. The summed E-state index contributed by atoms with van der Waals surface area (Å²) in [5, 5.41) is 10.8. The Hall–Kier alpha value is -3.62. The maximum Gasteiger partial charge on any atom is 0.326 e. The van der Waals surface area contributed by atoms with E-state index in [1.54, 1.807) is 10.8 Å². The Labute approximate surface area is 162 Å². The van der Waals surface area contributed by atoms with E-state index in [0.717, 1.165) is 11.3 Å². The van der Waals surface area contributed by atoms with Crippen LogP contribution in [0.1, 0.15) is 18.4 Å². The zero-order valence-corrected chi connectivity index (χ0v) is 15.6. The van der Waals surface area contributed by atoms with Gasteiger partial charge in [-0.15, -0.1) is 0 Å². The fourth-order valence-corrected chi connectivity index (χ4v) is 2.26. The molecule has 9 heteroatoms. The third-order valence-corrected chi connectivity index (χ3v) is 3.68. The molecule has 1 heterocycles. The van der Waals surface area contributed by atoms with Gasteiger partial charge in [-0.1, -0.05) is 24.3 Å². The van der Waals surface area contributed by atoms with E-state index in [1.165, 1.54) is 0 Å². The van der Waals surface area contributed by atoms with E-state index in [1.807, 2.05) is 49.4 Å². The molecule has 1 unspecified atom stereocenters. The average Bonchev–Trinajstić information content (AvgIpc) is 2.67. The number of carboxylic acids is 1. The third kappa shape index (κ3) is 7.73. The summed E-state index contributed by atoms with van der Waals surface area (Å²) in [5.41, 5.74) is 11.8. The lowest BCUT2D eigenvalue weighted by molar-refractivity contribution is -0.140. The molecule has 0 saturated heterocycles. The molecule has 1 amide bonds. The highest BCUT2D eigenvalue weighted by molar-refractivity contribution is 5.76. The van der Waals surface area contributed by atoms with Gasteiger partial charge in [0.05, 0.1) is 0 Å². The summed E-state index contributed by atoms with van der Waals surface area (Å²) >= 11 is 0. The topological polar surface area (TPSA) is 153 Å². The lowest BCUT2D eigenvalue weighted by atomic mass is 10.1. The van der Waals surface area contributed by atoms with Crippen LogP contribution < -0.4 is 22.3 Å². The normalized spacial score (nSPS) is 10.8. The molecular weight excluding hydrogens is 362 g/mol. The van der Waals surface area contributed by atoms with Gasteiger partial charge < -0.3 is 21.9 Å². The van der Waals surface area contributed by atoms with Crippen LogP contribution in [0.4, 0.5) is 0 Å². The molecule has 0 saturated carbocycles. The lowest BCUT2D eigenvalue weighted by Crippen LogP contribution is -2.35. The standard InChI is InChI=1S/C12H11NO.C7H14N4O3/c1-10-6-5-9-13(12(10)14)11-7-3-2-4-8-11;8-7(9)10-3-1-2-5(6(13)14)11-4-12/h2-9H,1H3;4-5H,1-3H2,(H,11,12)(H,13,14)(H4,8,9,10). The monoisotopic (exact) mass is 387 g/mol. The molecule has 0 aliphatic rings. The Kier molecular flexibility index (Phi) is 9.52. The highest BCUT2D eigenvalue weighted by Crippen LogP contribution is 2.03. The number of carbonyl (C=O) groups is 2. The van der Waals surface area contributed by atoms with Crippen LogP contribution in [0.25, 0.3) is 5.69 Å². The van der Waals surface area contributed by atoms with Gasteiger partial charge in [-0.05, 0) is 38.0 Å². The van der Waals surface area contributed by atoms with Gasteiger partial charge in [0, 0.05) is 24.0 Å². The summed E-state index contributed by atoms with van der Waals surface area (Å²) in [6.07, 6.45) is 2.94. The Bertz CT molecular complexity index is 845. The van der Waals surface area contributed by atoms with Crippen molar-refractivity contribution in [1.29, 1.82) is 0 Å². The van der Waals surface area contributed by atoms with Crippen molar-refractivity contribution in [3.8, 4) is 5.69 Å². The number of aliphatic carboxylic acids is 1. The van der Waals surface area contributed by atoms with Crippen molar-refractivity contribution in [3.63, 3.8) is 0 Å². The first kappa shape index (κ1) is 22.4. The van der Waals surface area contributed by atoms with Gasteiger partial charge >= 0.3 is 5.97 Å². The van der Waals surface area contributed by atoms with Gasteiger partial charge in [-0.3, -0.25) is 19.1 Å². The van der Waals surface area contributed by atoms with Crippen LogP contribution in [0.5, 0.6) is 0 Å². The molecule has 0 fully saturated rings. The molecule has 0 aliphatic heterocycles. The molecule has 2 rings (SSSR count). The summed E-state index contributed by atoms with van der Waals surface area (Å²) in [4.78, 5) is 35.9. The molecule has 1 aromatic heterocycles. The number of nitrogens with zero attached hydrogens (tertiary/aromatic N) is 2. The van der Waals surface area contributed by atoms with Gasteiger partial charge in [-0.25, -0.2) is 4.79 Å². The number of nitrogens with one attached hydrogen (secondary N) is 1. The number of guanidine groups is 1. The summed E-state index contributed by atoms with van der Waals surface area (Å²) in [6.45, 7) is 2.18. The number of aliphatic imine (C=N–C) groups is 1.